The summed E-state index contributed by atoms with van der Waals surface area (Å²) in [5.74, 6) is -2.13. The van der Waals surface area contributed by atoms with Crippen molar-refractivity contribution in [3.8, 4) is 0 Å². The lowest BCUT2D eigenvalue weighted by molar-refractivity contribution is -0.142. The fourth-order valence-corrected chi connectivity index (χ4v) is 4.40. The van der Waals surface area contributed by atoms with Gasteiger partial charge in [0.25, 0.3) is 0 Å². The molecular weight excluding hydrogens is 564 g/mol. The molecule has 0 saturated heterocycles. The van der Waals surface area contributed by atoms with Gasteiger partial charge in [-0.05, 0) is 70.4 Å². The number of carboxylic acids is 1. The third kappa shape index (κ3) is 19.3. The van der Waals surface area contributed by atoms with Gasteiger partial charge in [-0.3, -0.25) is 14.4 Å². The van der Waals surface area contributed by atoms with Crippen LogP contribution in [0.4, 0.5) is 4.79 Å². The number of aliphatic carboxylic acids is 1. The van der Waals surface area contributed by atoms with Gasteiger partial charge in [-0.15, -0.1) is 0 Å². The highest BCUT2D eigenvalue weighted by Crippen LogP contribution is 2.08. The molecule has 13 nitrogen and oxygen atoms in total. The SMILES string of the molecule is CNCCC(=O)N[C@@H](CCSC)C(=O)N[C@H](C(=O)N[C@@H](CCCCNC(=O)NCCCCCC(C)=O)C(=O)O)C(C)C. The van der Waals surface area contributed by atoms with Crippen molar-refractivity contribution >= 4 is 47.3 Å². The van der Waals surface area contributed by atoms with Crippen LogP contribution >= 0.6 is 11.8 Å². The summed E-state index contributed by atoms with van der Waals surface area (Å²) in [7, 11) is 1.72. The van der Waals surface area contributed by atoms with Crippen LogP contribution in [0, 0.1) is 5.92 Å². The standard InChI is InChI=1S/C28H52N6O7S/c1-19(2)24(34-25(37)21(14-18-42-5)32-23(36)13-17-29-4)26(38)33-22(27(39)40)12-8-10-16-31-28(41)30-15-9-6-7-11-20(3)35/h19,21-22,24,29H,6-18H2,1-5H3,(H,32,36)(H,33,38)(H,34,37)(H,39,40)(H2,30,31,41)/t21-,22-,24-/m0/s1. The van der Waals surface area contributed by atoms with Crippen LogP contribution in [0.25, 0.3) is 0 Å². The highest BCUT2D eigenvalue weighted by atomic mass is 32.2. The van der Waals surface area contributed by atoms with E-state index in [9.17, 15) is 33.9 Å². The van der Waals surface area contributed by atoms with Gasteiger partial charge in [-0.2, -0.15) is 11.8 Å². The predicted molar refractivity (Wildman–Crippen MR) is 164 cm³/mol. The monoisotopic (exact) mass is 616 g/mol. The summed E-state index contributed by atoms with van der Waals surface area (Å²) in [6.07, 6.45) is 6.57. The highest BCUT2D eigenvalue weighted by Gasteiger charge is 2.31. The molecule has 3 atom stereocenters. The number of hydrogen-bond donors (Lipinski definition) is 7. The summed E-state index contributed by atoms with van der Waals surface area (Å²) in [5.41, 5.74) is 0. The molecule has 14 heteroatoms. The lowest BCUT2D eigenvalue weighted by Gasteiger charge is -2.26. The summed E-state index contributed by atoms with van der Waals surface area (Å²) >= 11 is 1.53. The van der Waals surface area contributed by atoms with Gasteiger partial charge in [0.15, 0.2) is 0 Å². The Kier molecular flexibility index (Phi) is 22.0. The molecule has 0 aliphatic carbocycles. The van der Waals surface area contributed by atoms with E-state index in [1.807, 2.05) is 6.26 Å². The third-order valence-corrected chi connectivity index (χ3v) is 7.07. The third-order valence-electron chi connectivity index (χ3n) is 6.42. The van der Waals surface area contributed by atoms with Crippen LogP contribution in [0.1, 0.15) is 78.6 Å². The second kappa shape index (κ2) is 23.7. The molecule has 0 aromatic carbocycles. The van der Waals surface area contributed by atoms with E-state index in [-0.39, 0.29) is 36.5 Å². The fourth-order valence-electron chi connectivity index (χ4n) is 3.93. The summed E-state index contributed by atoms with van der Waals surface area (Å²) < 4.78 is 0. The molecule has 0 aromatic rings. The number of thioether (sulfide) groups is 1. The van der Waals surface area contributed by atoms with Crippen molar-refractivity contribution in [2.75, 3.05) is 38.7 Å². The largest absolute Gasteiger partial charge is 0.480 e. The van der Waals surface area contributed by atoms with Gasteiger partial charge < -0.3 is 41.8 Å². The summed E-state index contributed by atoms with van der Waals surface area (Å²) in [5, 5.41) is 26.0. The van der Waals surface area contributed by atoms with Gasteiger partial charge in [-0.1, -0.05) is 20.3 Å². The number of amides is 5. The average Bonchev–Trinajstić information content (AvgIpc) is 2.92. The average molecular weight is 617 g/mol. The lowest BCUT2D eigenvalue weighted by atomic mass is 10.0. The van der Waals surface area contributed by atoms with E-state index in [1.54, 1.807) is 27.8 Å². The van der Waals surface area contributed by atoms with Crippen molar-refractivity contribution in [1.29, 1.82) is 0 Å². The highest BCUT2D eigenvalue weighted by molar-refractivity contribution is 7.98. The van der Waals surface area contributed by atoms with E-state index in [4.69, 9.17) is 0 Å². The normalized spacial score (nSPS) is 13.0. The van der Waals surface area contributed by atoms with E-state index in [2.05, 4.69) is 31.9 Å². The zero-order valence-electron chi connectivity index (χ0n) is 25.8. The van der Waals surface area contributed by atoms with Crippen molar-refractivity contribution in [3.05, 3.63) is 0 Å². The molecule has 0 saturated carbocycles. The quantitative estimate of drug-likeness (QED) is 0.0779. The Bertz CT molecular complexity index is 859. The fraction of sp³-hybridized carbons (Fsp3) is 0.786. The van der Waals surface area contributed by atoms with Crippen LogP contribution in [0.3, 0.4) is 0 Å². The minimum absolute atomic E-state index is 0.150. The molecule has 0 unspecified atom stereocenters. The maximum absolute atomic E-state index is 13.0. The van der Waals surface area contributed by atoms with E-state index < -0.39 is 35.9 Å². The molecule has 5 amide bonds. The molecule has 0 aliphatic heterocycles. The number of hydrogen-bond acceptors (Lipinski definition) is 8. The number of rotatable bonds is 24. The van der Waals surface area contributed by atoms with Gasteiger partial charge in [0.05, 0.1) is 0 Å². The Balaban J connectivity index is 4.76. The van der Waals surface area contributed by atoms with Crippen molar-refractivity contribution in [3.63, 3.8) is 0 Å². The van der Waals surface area contributed by atoms with Gasteiger partial charge in [-0.25, -0.2) is 9.59 Å². The number of nitrogens with one attached hydrogen (secondary N) is 6. The molecule has 242 valence electrons. The Morgan fingerprint density at radius 1 is 0.738 bits per heavy atom. The summed E-state index contributed by atoms with van der Waals surface area (Å²) in [6, 6.07) is -3.28. The van der Waals surface area contributed by atoms with Crippen molar-refractivity contribution in [2.45, 2.75) is 96.7 Å². The molecule has 0 rings (SSSR count). The number of Topliss-reactive ketones (excluding diaryl/α,β-unsaturated/α-hetero) is 1. The second-order valence-electron chi connectivity index (χ2n) is 10.6. The van der Waals surface area contributed by atoms with Crippen LogP contribution in [0.2, 0.25) is 0 Å². The van der Waals surface area contributed by atoms with Crippen molar-refractivity contribution < 1.29 is 33.9 Å². The lowest BCUT2D eigenvalue weighted by Crippen LogP contribution is -2.57. The second-order valence-corrected chi connectivity index (χ2v) is 11.6. The number of carboxylic acid groups (broad SMARTS) is 1. The van der Waals surface area contributed by atoms with E-state index in [1.165, 1.54) is 11.8 Å². The number of ketones is 1. The molecule has 0 radical (unpaired) electrons. The van der Waals surface area contributed by atoms with Gasteiger partial charge in [0.2, 0.25) is 17.7 Å². The molecule has 7 N–H and O–H groups in total. The molecular formula is C28H52N6O7S. The van der Waals surface area contributed by atoms with Crippen LogP contribution in [0.15, 0.2) is 0 Å². The maximum Gasteiger partial charge on any atom is 0.326 e. The first-order valence-corrected chi connectivity index (χ1v) is 16.1. The Morgan fingerprint density at radius 3 is 1.93 bits per heavy atom. The summed E-state index contributed by atoms with van der Waals surface area (Å²) in [6.45, 7) is 6.35. The Morgan fingerprint density at radius 2 is 1.38 bits per heavy atom. The molecule has 0 aliphatic rings. The maximum atomic E-state index is 13.0. The minimum Gasteiger partial charge on any atom is -0.480 e. The summed E-state index contributed by atoms with van der Waals surface area (Å²) in [4.78, 5) is 72.9. The number of carbonyl (C=O) groups excluding carboxylic acids is 5. The number of unbranched alkanes of at least 4 members (excludes halogenated alkanes) is 3. The van der Waals surface area contributed by atoms with Crippen LogP contribution in [-0.4, -0.2) is 97.4 Å². The first-order chi connectivity index (χ1) is 19.9. The van der Waals surface area contributed by atoms with Gasteiger partial charge in [0, 0.05) is 32.5 Å². The minimum atomic E-state index is -1.19. The molecule has 0 spiro atoms. The van der Waals surface area contributed by atoms with E-state index >= 15 is 0 Å². The van der Waals surface area contributed by atoms with Crippen molar-refractivity contribution in [2.24, 2.45) is 5.92 Å². The molecule has 0 fully saturated rings. The predicted octanol–water partition coefficient (Wildman–Crippen LogP) is 1.16. The van der Waals surface area contributed by atoms with Crippen LogP contribution < -0.4 is 31.9 Å². The first-order valence-electron chi connectivity index (χ1n) is 14.7. The Hall–Kier alpha value is -2.87. The van der Waals surface area contributed by atoms with Crippen molar-refractivity contribution in [1.82, 2.24) is 31.9 Å². The van der Waals surface area contributed by atoms with Crippen LogP contribution in [0.5, 0.6) is 0 Å². The first kappa shape index (κ1) is 39.1. The smallest absolute Gasteiger partial charge is 0.326 e. The van der Waals surface area contributed by atoms with Gasteiger partial charge >= 0.3 is 12.0 Å². The molecule has 0 heterocycles. The van der Waals surface area contributed by atoms with Crippen LogP contribution in [-0.2, 0) is 24.0 Å². The molecule has 42 heavy (non-hydrogen) atoms. The Labute approximate surface area is 254 Å². The van der Waals surface area contributed by atoms with E-state index in [0.717, 1.165) is 19.3 Å². The zero-order valence-corrected chi connectivity index (χ0v) is 26.6. The zero-order chi connectivity index (χ0) is 31.9. The topological polar surface area (TPSA) is 195 Å². The molecule has 0 bridgehead atoms. The number of carbonyl (C=O) groups is 6. The number of urea groups is 1. The van der Waals surface area contributed by atoms with Gasteiger partial charge in [0.1, 0.15) is 23.9 Å². The van der Waals surface area contributed by atoms with E-state index in [0.29, 0.717) is 51.1 Å². The molecule has 0 aromatic heterocycles.